The SMILES string of the molecule is CN(Cc1cccc(F)c1)C1CCCCCC1O. The molecule has 0 aliphatic heterocycles. The number of benzene rings is 1. The smallest absolute Gasteiger partial charge is 0.123 e. The van der Waals surface area contributed by atoms with Gasteiger partial charge in [-0.2, -0.15) is 0 Å². The number of likely N-dealkylation sites (N-methyl/N-ethyl adjacent to an activating group) is 1. The highest BCUT2D eigenvalue weighted by Gasteiger charge is 2.25. The Labute approximate surface area is 108 Å². The Kier molecular flexibility index (Phi) is 4.72. The summed E-state index contributed by atoms with van der Waals surface area (Å²) >= 11 is 0. The highest BCUT2D eigenvalue weighted by atomic mass is 19.1. The van der Waals surface area contributed by atoms with Crippen LogP contribution < -0.4 is 0 Å². The second-order valence-electron chi connectivity index (χ2n) is 5.32. The first-order valence-corrected chi connectivity index (χ1v) is 6.79. The topological polar surface area (TPSA) is 23.5 Å². The molecule has 1 aromatic rings. The third-order valence-electron chi connectivity index (χ3n) is 3.83. The van der Waals surface area contributed by atoms with Crippen molar-refractivity contribution in [2.45, 2.75) is 50.8 Å². The molecule has 0 saturated heterocycles. The highest BCUT2D eigenvalue weighted by molar-refractivity contribution is 5.16. The van der Waals surface area contributed by atoms with Gasteiger partial charge in [0, 0.05) is 12.6 Å². The summed E-state index contributed by atoms with van der Waals surface area (Å²) in [6.07, 6.45) is 5.18. The predicted molar refractivity (Wildman–Crippen MR) is 70.7 cm³/mol. The summed E-state index contributed by atoms with van der Waals surface area (Å²) in [5, 5.41) is 10.1. The van der Waals surface area contributed by atoms with E-state index < -0.39 is 0 Å². The molecule has 1 saturated carbocycles. The summed E-state index contributed by atoms with van der Waals surface area (Å²) in [5.41, 5.74) is 0.967. The summed E-state index contributed by atoms with van der Waals surface area (Å²) in [7, 11) is 2.02. The molecule has 1 N–H and O–H groups in total. The molecule has 3 heteroatoms. The van der Waals surface area contributed by atoms with Crippen LogP contribution in [0.4, 0.5) is 4.39 Å². The molecule has 100 valence electrons. The van der Waals surface area contributed by atoms with Crippen LogP contribution in [0, 0.1) is 5.82 Å². The zero-order chi connectivity index (χ0) is 13.0. The van der Waals surface area contributed by atoms with E-state index in [0.29, 0.717) is 6.54 Å². The zero-order valence-electron chi connectivity index (χ0n) is 11.0. The van der Waals surface area contributed by atoms with Gasteiger partial charge >= 0.3 is 0 Å². The van der Waals surface area contributed by atoms with Crippen molar-refractivity contribution >= 4 is 0 Å². The van der Waals surface area contributed by atoms with Crippen LogP contribution >= 0.6 is 0 Å². The van der Waals surface area contributed by atoms with Crippen LogP contribution in [0.15, 0.2) is 24.3 Å². The van der Waals surface area contributed by atoms with E-state index in [2.05, 4.69) is 4.90 Å². The standard InChI is InChI=1S/C15H22FNO/c1-17(11-12-6-5-7-13(16)10-12)14-8-3-2-4-9-15(14)18/h5-7,10,14-15,18H,2-4,8-9,11H2,1H3. The molecular weight excluding hydrogens is 229 g/mol. The van der Waals surface area contributed by atoms with E-state index in [-0.39, 0.29) is 18.0 Å². The Hall–Kier alpha value is -0.930. The van der Waals surface area contributed by atoms with Gasteiger partial charge in [-0.3, -0.25) is 4.90 Å². The van der Waals surface area contributed by atoms with Crippen LogP contribution in [0.25, 0.3) is 0 Å². The molecule has 1 aliphatic carbocycles. The van der Waals surface area contributed by atoms with Crippen LogP contribution in [0.1, 0.15) is 37.7 Å². The molecule has 0 radical (unpaired) electrons. The summed E-state index contributed by atoms with van der Waals surface area (Å²) in [5.74, 6) is -0.192. The van der Waals surface area contributed by atoms with Gasteiger partial charge in [-0.15, -0.1) is 0 Å². The Morgan fingerprint density at radius 2 is 2.06 bits per heavy atom. The zero-order valence-corrected chi connectivity index (χ0v) is 11.0. The maximum atomic E-state index is 13.1. The monoisotopic (exact) mass is 251 g/mol. The first-order valence-electron chi connectivity index (χ1n) is 6.79. The van der Waals surface area contributed by atoms with E-state index in [9.17, 15) is 9.50 Å². The van der Waals surface area contributed by atoms with Crippen LogP contribution in [0.5, 0.6) is 0 Å². The molecule has 2 unspecified atom stereocenters. The normalized spacial score (nSPS) is 25.1. The quantitative estimate of drug-likeness (QED) is 0.835. The van der Waals surface area contributed by atoms with Crippen molar-refractivity contribution in [1.29, 1.82) is 0 Å². The highest BCUT2D eigenvalue weighted by Crippen LogP contribution is 2.23. The molecule has 2 nitrogen and oxygen atoms in total. The van der Waals surface area contributed by atoms with Gasteiger partial charge in [-0.05, 0) is 37.6 Å². The molecule has 0 spiro atoms. The van der Waals surface area contributed by atoms with Gasteiger partial charge in [-0.1, -0.05) is 31.4 Å². The Bertz CT molecular complexity index is 383. The number of aliphatic hydroxyl groups excluding tert-OH is 1. The number of aliphatic hydroxyl groups is 1. The van der Waals surface area contributed by atoms with Crippen molar-refractivity contribution in [3.05, 3.63) is 35.6 Å². The fraction of sp³-hybridized carbons (Fsp3) is 0.600. The van der Waals surface area contributed by atoms with Gasteiger partial charge in [0.2, 0.25) is 0 Å². The van der Waals surface area contributed by atoms with Crippen molar-refractivity contribution in [2.75, 3.05) is 7.05 Å². The van der Waals surface area contributed by atoms with Gasteiger partial charge in [0.15, 0.2) is 0 Å². The van der Waals surface area contributed by atoms with Crippen molar-refractivity contribution in [3.8, 4) is 0 Å². The van der Waals surface area contributed by atoms with Crippen LogP contribution in [-0.4, -0.2) is 29.2 Å². The van der Waals surface area contributed by atoms with E-state index in [1.807, 2.05) is 13.1 Å². The number of hydrogen-bond acceptors (Lipinski definition) is 2. The molecule has 2 atom stereocenters. The minimum atomic E-state index is -0.244. The fourth-order valence-corrected chi connectivity index (χ4v) is 2.82. The average molecular weight is 251 g/mol. The largest absolute Gasteiger partial charge is 0.391 e. The van der Waals surface area contributed by atoms with Crippen molar-refractivity contribution < 1.29 is 9.50 Å². The summed E-state index contributed by atoms with van der Waals surface area (Å²) in [6.45, 7) is 0.694. The van der Waals surface area contributed by atoms with Crippen LogP contribution in [-0.2, 0) is 6.54 Å². The Morgan fingerprint density at radius 1 is 1.28 bits per heavy atom. The van der Waals surface area contributed by atoms with Crippen LogP contribution in [0.2, 0.25) is 0 Å². The van der Waals surface area contributed by atoms with Gasteiger partial charge in [-0.25, -0.2) is 4.39 Å². The lowest BCUT2D eigenvalue weighted by molar-refractivity contribution is 0.0543. The van der Waals surface area contributed by atoms with E-state index in [1.54, 1.807) is 12.1 Å². The number of halogens is 1. The molecule has 0 heterocycles. The van der Waals surface area contributed by atoms with Gasteiger partial charge in [0.1, 0.15) is 5.82 Å². The molecule has 2 rings (SSSR count). The van der Waals surface area contributed by atoms with E-state index in [1.165, 1.54) is 18.9 Å². The minimum absolute atomic E-state index is 0.192. The lowest BCUT2D eigenvalue weighted by atomic mass is 10.0. The van der Waals surface area contributed by atoms with E-state index in [4.69, 9.17) is 0 Å². The minimum Gasteiger partial charge on any atom is -0.391 e. The molecule has 1 fully saturated rings. The second kappa shape index (κ2) is 6.30. The number of rotatable bonds is 3. The maximum absolute atomic E-state index is 13.1. The predicted octanol–water partition coefficient (Wildman–Crippen LogP) is 2.95. The van der Waals surface area contributed by atoms with E-state index >= 15 is 0 Å². The third-order valence-corrected chi connectivity index (χ3v) is 3.83. The number of hydrogen-bond donors (Lipinski definition) is 1. The summed E-state index contributed by atoms with van der Waals surface area (Å²) < 4.78 is 13.1. The lowest BCUT2D eigenvalue weighted by Crippen LogP contribution is -2.40. The molecule has 0 bridgehead atoms. The van der Waals surface area contributed by atoms with E-state index in [0.717, 1.165) is 24.8 Å². The molecule has 1 aromatic carbocycles. The Balaban J connectivity index is 1.99. The van der Waals surface area contributed by atoms with Gasteiger partial charge in [0.25, 0.3) is 0 Å². The first kappa shape index (κ1) is 13.5. The number of nitrogens with zero attached hydrogens (tertiary/aromatic N) is 1. The third kappa shape index (κ3) is 3.53. The lowest BCUT2D eigenvalue weighted by Gasteiger charge is -2.30. The molecule has 0 amide bonds. The second-order valence-corrected chi connectivity index (χ2v) is 5.32. The molecular formula is C15H22FNO. The van der Waals surface area contributed by atoms with Gasteiger partial charge < -0.3 is 5.11 Å². The average Bonchev–Trinajstić information content (AvgIpc) is 2.54. The maximum Gasteiger partial charge on any atom is 0.123 e. The first-order chi connectivity index (χ1) is 8.66. The van der Waals surface area contributed by atoms with Crippen molar-refractivity contribution in [1.82, 2.24) is 4.90 Å². The van der Waals surface area contributed by atoms with Crippen molar-refractivity contribution in [2.24, 2.45) is 0 Å². The van der Waals surface area contributed by atoms with Crippen molar-refractivity contribution in [3.63, 3.8) is 0 Å². The summed E-state index contributed by atoms with van der Waals surface area (Å²) in [6, 6.07) is 6.91. The van der Waals surface area contributed by atoms with Crippen LogP contribution in [0.3, 0.4) is 0 Å². The Morgan fingerprint density at radius 3 is 2.83 bits per heavy atom. The van der Waals surface area contributed by atoms with Gasteiger partial charge in [0.05, 0.1) is 6.10 Å². The molecule has 1 aliphatic rings. The fourth-order valence-electron chi connectivity index (χ4n) is 2.82. The molecule has 0 aromatic heterocycles. The molecule has 18 heavy (non-hydrogen) atoms. The summed E-state index contributed by atoms with van der Waals surface area (Å²) in [4.78, 5) is 2.16.